The predicted molar refractivity (Wildman–Crippen MR) is 76.4 cm³/mol. The average Bonchev–Trinajstić information content (AvgIpc) is 2.61. The quantitative estimate of drug-likeness (QED) is 0.739. The number of carbonyl (C=O) groups is 2. The predicted octanol–water partition coefficient (Wildman–Crippen LogP) is 0.764. The molecular weight excluding hydrogens is 264 g/mol. The lowest BCUT2D eigenvalue weighted by atomic mass is 9.85. The summed E-state index contributed by atoms with van der Waals surface area (Å²) in [5.41, 5.74) is 16.7. The Hall–Kier alpha value is -1.76. The van der Waals surface area contributed by atoms with Gasteiger partial charge in [0.25, 0.3) is 11.8 Å². The molecule has 6 N–H and O–H groups in total. The molecule has 0 saturated heterocycles. The molecule has 104 valence electrons. The summed E-state index contributed by atoms with van der Waals surface area (Å²) in [6.07, 6.45) is 3.64. The van der Waals surface area contributed by atoms with E-state index in [4.69, 9.17) is 17.2 Å². The third-order valence-corrected chi connectivity index (χ3v) is 4.83. The van der Waals surface area contributed by atoms with Gasteiger partial charge in [-0.2, -0.15) is 0 Å². The Kier molecular flexibility index (Phi) is 3.66. The van der Waals surface area contributed by atoms with E-state index in [1.165, 1.54) is 19.3 Å². The van der Waals surface area contributed by atoms with Gasteiger partial charge in [-0.1, -0.05) is 6.42 Å². The molecule has 1 saturated carbocycles. The third kappa shape index (κ3) is 2.51. The van der Waals surface area contributed by atoms with Crippen molar-refractivity contribution >= 4 is 33.8 Å². The second-order valence-corrected chi connectivity index (χ2v) is 5.93. The Morgan fingerprint density at radius 2 is 1.95 bits per heavy atom. The second kappa shape index (κ2) is 5.08. The van der Waals surface area contributed by atoms with Crippen LogP contribution in [0.1, 0.15) is 39.3 Å². The summed E-state index contributed by atoms with van der Waals surface area (Å²) in [7, 11) is 1.88. The molecule has 2 rings (SSSR count). The Balaban J connectivity index is 2.34. The van der Waals surface area contributed by atoms with Crippen molar-refractivity contribution in [2.75, 3.05) is 24.2 Å². The molecule has 0 bridgehead atoms. The van der Waals surface area contributed by atoms with Crippen molar-refractivity contribution in [3.05, 3.63) is 10.4 Å². The molecule has 1 aromatic heterocycles. The Morgan fingerprint density at radius 3 is 2.37 bits per heavy atom. The Morgan fingerprint density at radius 1 is 1.32 bits per heavy atom. The van der Waals surface area contributed by atoms with Crippen molar-refractivity contribution < 1.29 is 9.59 Å². The van der Waals surface area contributed by atoms with Crippen LogP contribution in [0.25, 0.3) is 0 Å². The van der Waals surface area contributed by atoms with Gasteiger partial charge in [-0.05, 0) is 18.8 Å². The molecule has 0 aliphatic heterocycles. The molecule has 1 aromatic rings. The number of hydrogen-bond acceptors (Lipinski definition) is 5. The molecule has 19 heavy (non-hydrogen) atoms. The van der Waals surface area contributed by atoms with Crippen molar-refractivity contribution in [1.29, 1.82) is 0 Å². The SMILES string of the molecule is CN(CC1CCC1)c1sc(C(N)=O)c(N)c1C(N)=O. The smallest absolute Gasteiger partial charge is 0.260 e. The summed E-state index contributed by atoms with van der Waals surface area (Å²) in [5.74, 6) is -0.629. The van der Waals surface area contributed by atoms with Gasteiger partial charge in [0.2, 0.25) is 0 Å². The topological polar surface area (TPSA) is 115 Å². The molecule has 0 radical (unpaired) electrons. The van der Waals surface area contributed by atoms with E-state index < -0.39 is 11.8 Å². The standard InChI is InChI=1S/C12H18N4O2S/c1-16(5-6-3-2-4-6)12-7(10(14)17)8(13)9(19-12)11(15)18/h6H,2-5,13H2,1H3,(H2,14,17)(H2,15,18). The molecule has 7 heteroatoms. The minimum Gasteiger partial charge on any atom is -0.397 e. The summed E-state index contributed by atoms with van der Waals surface area (Å²) in [6.45, 7) is 0.832. The number of nitrogens with zero attached hydrogens (tertiary/aromatic N) is 1. The first-order chi connectivity index (χ1) is 8.91. The van der Waals surface area contributed by atoms with E-state index in [2.05, 4.69) is 0 Å². The third-order valence-electron chi connectivity index (χ3n) is 3.50. The summed E-state index contributed by atoms with van der Waals surface area (Å²) >= 11 is 1.13. The number of carbonyl (C=O) groups excluding carboxylic acids is 2. The zero-order valence-electron chi connectivity index (χ0n) is 10.8. The lowest BCUT2D eigenvalue weighted by Crippen LogP contribution is -2.30. The first kappa shape index (κ1) is 13.7. The maximum Gasteiger partial charge on any atom is 0.260 e. The number of nitrogens with two attached hydrogens (primary N) is 3. The molecule has 1 heterocycles. The van der Waals surface area contributed by atoms with Gasteiger partial charge < -0.3 is 22.1 Å². The molecule has 0 spiro atoms. The maximum absolute atomic E-state index is 11.5. The molecule has 1 aliphatic carbocycles. The summed E-state index contributed by atoms with van der Waals surface area (Å²) in [6, 6.07) is 0. The van der Waals surface area contributed by atoms with Crippen LogP contribution in [0, 0.1) is 5.92 Å². The molecule has 1 aliphatic rings. The highest BCUT2D eigenvalue weighted by Gasteiger charge is 2.27. The fraction of sp³-hybridized carbons (Fsp3) is 0.500. The van der Waals surface area contributed by atoms with Crippen LogP contribution < -0.4 is 22.1 Å². The van der Waals surface area contributed by atoms with Gasteiger partial charge in [-0.25, -0.2) is 0 Å². The Labute approximate surface area is 115 Å². The highest BCUT2D eigenvalue weighted by Crippen LogP contribution is 2.38. The number of thiophene rings is 1. The zero-order chi connectivity index (χ0) is 14.2. The van der Waals surface area contributed by atoms with Crippen LogP contribution in [0.4, 0.5) is 10.7 Å². The van der Waals surface area contributed by atoms with Crippen molar-refractivity contribution in [3.8, 4) is 0 Å². The van der Waals surface area contributed by atoms with Crippen LogP contribution in [0.3, 0.4) is 0 Å². The minimum atomic E-state index is -0.631. The number of anilines is 2. The minimum absolute atomic E-state index is 0.0976. The fourth-order valence-corrected chi connectivity index (χ4v) is 3.32. The van der Waals surface area contributed by atoms with Gasteiger partial charge in [-0.3, -0.25) is 9.59 Å². The van der Waals surface area contributed by atoms with E-state index in [1.807, 2.05) is 11.9 Å². The van der Waals surface area contributed by atoms with Crippen molar-refractivity contribution in [1.82, 2.24) is 0 Å². The molecule has 0 aromatic carbocycles. The zero-order valence-corrected chi connectivity index (χ0v) is 11.6. The maximum atomic E-state index is 11.5. The summed E-state index contributed by atoms with van der Waals surface area (Å²) < 4.78 is 0. The van der Waals surface area contributed by atoms with Gasteiger partial charge in [0.05, 0.1) is 11.3 Å². The number of rotatable bonds is 5. The largest absolute Gasteiger partial charge is 0.397 e. The van der Waals surface area contributed by atoms with Crippen molar-refractivity contribution in [2.24, 2.45) is 17.4 Å². The highest BCUT2D eigenvalue weighted by molar-refractivity contribution is 7.19. The van der Waals surface area contributed by atoms with Gasteiger partial charge in [0.1, 0.15) is 9.88 Å². The molecule has 2 amide bonds. The van der Waals surface area contributed by atoms with Gasteiger partial charge in [0, 0.05) is 13.6 Å². The number of nitrogen functional groups attached to an aromatic ring is 1. The van der Waals surface area contributed by atoms with Crippen LogP contribution in [0.2, 0.25) is 0 Å². The van der Waals surface area contributed by atoms with Crippen LogP contribution in [0.5, 0.6) is 0 Å². The van der Waals surface area contributed by atoms with Crippen LogP contribution in [-0.4, -0.2) is 25.4 Å². The highest BCUT2D eigenvalue weighted by atomic mass is 32.1. The monoisotopic (exact) mass is 282 g/mol. The molecule has 0 unspecified atom stereocenters. The first-order valence-electron chi connectivity index (χ1n) is 6.14. The first-order valence-corrected chi connectivity index (χ1v) is 6.96. The van der Waals surface area contributed by atoms with Crippen LogP contribution in [-0.2, 0) is 0 Å². The van der Waals surface area contributed by atoms with Gasteiger partial charge in [0.15, 0.2) is 0 Å². The lowest BCUT2D eigenvalue weighted by molar-refractivity contribution is 0.0999. The summed E-state index contributed by atoms with van der Waals surface area (Å²) in [4.78, 5) is 25.0. The van der Waals surface area contributed by atoms with E-state index in [1.54, 1.807) is 0 Å². The van der Waals surface area contributed by atoms with Gasteiger partial charge in [-0.15, -0.1) is 11.3 Å². The van der Waals surface area contributed by atoms with Crippen molar-refractivity contribution in [2.45, 2.75) is 19.3 Å². The van der Waals surface area contributed by atoms with E-state index in [0.29, 0.717) is 10.9 Å². The number of amides is 2. The lowest BCUT2D eigenvalue weighted by Gasteiger charge is -2.30. The van der Waals surface area contributed by atoms with Crippen molar-refractivity contribution in [3.63, 3.8) is 0 Å². The molecule has 0 atom stereocenters. The average molecular weight is 282 g/mol. The molecule has 1 fully saturated rings. The van der Waals surface area contributed by atoms with Crippen LogP contribution >= 0.6 is 11.3 Å². The normalized spacial score (nSPS) is 15.0. The van der Waals surface area contributed by atoms with E-state index in [-0.39, 0.29) is 16.1 Å². The van der Waals surface area contributed by atoms with Gasteiger partial charge >= 0.3 is 0 Å². The molecular formula is C12H18N4O2S. The fourth-order valence-electron chi connectivity index (χ4n) is 2.27. The molecule has 6 nitrogen and oxygen atoms in total. The number of hydrogen-bond donors (Lipinski definition) is 3. The van der Waals surface area contributed by atoms with Crippen LogP contribution in [0.15, 0.2) is 0 Å². The van der Waals surface area contributed by atoms with E-state index in [0.717, 1.165) is 17.9 Å². The number of primary amides is 2. The van der Waals surface area contributed by atoms with E-state index in [9.17, 15) is 9.59 Å². The van der Waals surface area contributed by atoms with E-state index >= 15 is 0 Å². The summed E-state index contributed by atoms with van der Waals surface area (Å²) in [5, 5.41) is 0.630. The Bertz CT molecular complexity index is 522. The second-order valence-electron chi connectivity index (χ2n) is 4.93.